The number of hydrogen-bond donors (Lipinski definition) is 5. The molecule has 1 saturated heterocycles. The Kier molecular flexibility index (Phi) is 8.94. The molecule has 4 atom stereocenters. The van der Waals surface area contributed by atoms with E-state index in [0.29, 0.717) is 16.9 Å². The van der Waals surface area contributed by atoms with Crippen LogP contribution in [0.5, 0.6) is 0 Å². The summed E-state index contributed by atoms with van der Waals surface area (Å²) in [5.41, 5.74) is 0.380. The van der Waals surface area contributed by atoms with Crippen LogP contribution in [-0.2, 0) is 30.1 Å². The lowest BCUT2D eigenvalue weighted by molar-refractivity contribution is -0.128. The number of aliphatic hydroxyl groups is 1. The maximum absolute atomic E-state index is 12.5. The SMILES string of the molecule is COCC(COCc1nn[nH]n1)(OC[C@@H]1C[C@@H](O)[C@H](n2ncc3c(NC4CCCC4)nc(Cl)nc32)O1)P(=O)(O)O. The molecule has 5 rings (SSSR count). The number of nitrogens with one attached hydrogen (secondary N) is 2. The molecule has 19 heteroatoms. The highest BCUT2D eigenvalue weighted by molar-refractivity contribution is 7.53. The first kappa shape index (κ1) is 29.2. The minimum absolute atomic E-state index is 0.0222. The molecule has 1 saturated carbocycles. The van der Waals surface area contributed by atoms with Crippen LogP contribution in [0.15, 0.2) is 6.20 Å². The fraction of sp³-hybridized carbons (Fsp3) is 0.714. The number of rotatable bonds is 13. The first-order chi connectivity index (χ1) is 19.2. The van der Waals surface area contributed by atoms with E-state index in [1.807, 2.05) is 0 Å². The van der Waals surface area contributed by atoms with Crippen molar-refractivity contribution in [3.8, 4) is 0 Å². The van der Waals surface area contributed by atoms with Gasteiger partial charge < -0.3 is 39.2 Å². The van der Waals surface area contributed by atoms with Crippen molar-refractivity contribution in [2.75, 3.05) is 32.2 Å². The van der Waals surface area contributed by atoms with Crippen LogP contribution in [0.2, 0.25) is 5.28 Å². The van der Waals surface area contributed by atoms with E-state index in [1.54, 1.807) is 6.20 Å². The summed E-state index contributed by atoms with van der Waals surface area (Å²) < 4.78 is 36.2. The van der Waals surface area contributed by atoms with Crippen LogP contribution < -0.4 is 5.32 Å². The Morgan fingerprint density at radius 2 is 2.10 bits per heavy atom. The Labute approximate surface area is 233 Å². The summed E-state index contributed by atoms with van der Waals surface area (Å²) in [5, 5.41) is 30.3. The first-order valence-corrected chi connectivity index (χ1v) is 14.7. The fourth-order valence-corrected chi connectivity index (χ4v) is 5.88. The molecular formula is C21H31ClN9O8P. The maximum Gasteiger partial charge on any atom is 0.361 e. The van der Waals surface area contributed by atoms with Crippen LogP contribution >= 0.6 is 19.2 Å². The lowest BCUT2D eigenvalue weighted by atomic mass is 10.2. The van der Waals surface area contributed by atoms with Gasteiger partial charge in [-0.25, -0.2) is 4.68 Å². The van der Waals surface area contributed by atoms with E-state index in [0.717, 1.165) is 25.7 Å². The number of aromatic amines is 1. The molecule has 2 aliphatic rings. The summed E-state index contributed by atoms with van der Waals surface area (Å²) in [6.07, 6.45) is 3.33. The molecule has 3 aromatic rings. The van der Waals surface area contributed by atoms with Crippen molar-refractivity contribution < 1.29 is 38.4 Å². The summed E-state index contributed by atoms with van der Waals surface area (Å²) in [6, 6.07) is 0.282. The molecule has 1 aliphatic heterocycles. The number of anilines is 1. The molecule has 1 unspecified atom stereocenters. The van der Waals surface area contributed by atoms with Gasteiger partial charge in [-0.2, -0.15) is 20.3 Å². The van der Waals surface area contributed by atoms with Gasteiger partial charge in [-0.1, -0.05) is 18.1 Å². The number of ether oxygens (including phenoxy) is 4. The lowest BCUT2D eigenvalue weighted by Crippen LogP contribution is -2.44. The number of aliphatic hydroxyl groups excluding tert-OH is 1. The number of hydrogen-bond acceptors (Lipinski definition) is 13. The summed E-state index contributed by atoms with van der Waals surface area (Å²) in [7, 11) is -3.65. The number of fused-ring (bicyclic) bond motifs is 1. The molecule has 0 spiro atoms. The van der Waals surface area contributed by atoms with Crippen LogP contribution in [0, 0.1) is 0 Å². The quantitative estimate of drug-likeness (QED) is 0.134. The van der Waals surface area contributed by atoms with Crippen molar-refractivity contribution in [3.05, 3.63) is 17.3 Å². The Morgan fingerprint density at radius 1 is 1.30 bits per heavy atom. The van der Waals surface area contributed by atoms with Crippen molar-refractivity contribution in [3.63, 3.8) is 0 Å². The smallest absolute Gasteiger partial charge is 0.361 e. The molecule has 1 aliphatic carbocycles. The number of methoxy groups -OCH3 is 1. The Hall–Kier alpha value is -2.34. The Morgan fingerprint density at radius 3 is 2.80 bits per heavy atom. The summed E-state index contributed by atoms with van der Waals surface area (Å²) >= 11 is 6.22. The van der Waals surface area contributed by atoms with Crippen molar-refractivity contribution in [1.82, 2.24) is 40.4 Å². The monoisotopic (exact) mass is 603 g/mol. The summed E-state index contributed by atoms with van der Waals surface area (Å²) in [5.74, 6) is 0.756. The Balaban J connectivity index is 1.29. The second kappa shape index (κ2) is 12.3. The van der Waals surface area contributed by atoms with Gasteiger partial charge in [-0.05, 0) is 24.4 Å². The second-order valence-corrected chi connectivity index (χ2v) is 12.0. The van der Waals surface area contributed by atoms with Gasteiger partial charge in [0.2, 0.25) is 10.6 Å². The van der Waals surface area contributed by atoms with Gasteiger partial charge in [0.1, 0.15) is 18.5 Å². The largest absolute Gasteiger partial charge is 0.388 e. The first-order valence-electron chi connectivity index (χ1n) is 12.7. The Bertz CT molecular complexity index is 1320. The summed E-state index contributed by atoms with van der Waals surface area (Å²) in [6.45, 7) is -1.45. The molecule has 17 nitrogen and oxygen atoms in total. The fourth-order valence-electron chi connectivity index (χ4n) is 4.91. The third-order valence-electron chi connectivity index (χ3n) is 6.92. The molecule has 4 heterocycles. The number of aromatic nitrogens is 8. The van der Waals surface area contributed by atoms with Gasteiger partial charge in [-0.15, -0.1) is 10.2 Å². The van der Waals surface area contributed by atoms with Crippen LogP contribution in [-0.4, -0.2) is 106 Å². The van der Waals surface area contributed by atoms with Crippen molar-refractivity contribution in [2.45, 2.75) is 68.5 Å². The van der Waals surface area contributed by atoms with E-state index < -0.39 is 44.6 Å². The predicted octanol–water partition coefficient (Wildman–Crippen LogP) is 0.749. The standard InChI is InChI=1S/C21H31ClN9O8P/c1-36-10-21(40(33,34)35,11-37-9-16-27-29-30-28-16)38-8-13-6-15(32)19(39-13)31-18-14(7-23-31)17(25-20(22)26-18)24-12-4-2-3-5-12/h7,12-13,15,19,32H,2-6,8-11H2,1H3,(H,24,25,26)(H2,33,34,35)(H,27,28,29,30)/t13-,15+,19+,21?/m0/s1. The average molecular weight is 604 g/mol. The van der Waals surface area contributed by atoms with Crippen LogP contribution in [0.4, 0.5) is 5.82 Å². The van der Waals surface area contributed by atoms with E-state index >= 15 is 0 Å². The zero-order valence-electron chi connectivity index (χ0n) is 21.6. The molecule has 0 bridgehead atoms. The van der Waals surface area contributed by atoms with E-state index in [-0.39, 0.29) is 36.8 Å². The second-order valence-electron chi connectivity index (χ2n) is 9.80. The van der Waals surface area contributed by atoms with Gasteiger partial charge in [0.15, 0.2) is 17.7 Å². The third-order valence-corrected chi connectivity index (χ3v) is 8.53. The number of nitrogens with zero attached hydrogens (tertiary/aromatic N) is 7. The zero-order chi connectivity index (χ0) is 28.3. The molecule has 0 amide bonds. The van der Waals surface area contributed by atoms with Crippen molar-refractivity contribution in [1.29, 1.82) is 0 Å². The lowest BCUT2D eigenvalue weighted by Gasteiger charge is -2.34. The highest BCUT2D eigenvalue weighted by Crippen LogP contribution is 2.52. The predicted molar refractivity (Wildman–Crippen MR) is 137 cm³/mol. The number of H-pyrrole nitrogens is 1. The molecule has 0 radical (unpaired) electrons. The minimum atomic E-state index is -4.93. The molecule has 40 heavy (non-hydrogen) atoms. The highest BCUT2D eigenvalue weighted by Gasteiger charge is 2.50. The van der Waals surface area contributed by atoms with Crippen LogP contribution in [0.25, 0.3) is 11.0 Å². The van der Waals surface area contributed by atoms with E-state index in [9.17, 15) is 19.5 Å². The summed E-state index contributed by atoms with van der Waals surface area (Å²) in [4.78, 5) is 29.0. The van der Waals surface area contributed by atoms with Gasteiger partial charge >= 0.3 is 7.60 Å². The average Bonchev–Trinajstić information content (AvgIpc) is 3.70. The van der Waals surface area contributed by atoms with Crippen molar-refractivity contribution >= 4 is 36.0 Å². The maximum atomic E-state index is 12.5. The molecule has 2 fully saturated rings. The topological polar surface area (TPSA) is 225 Å². The molecule has 3 aromatic heterocycles. The molecule has 220 valence electrons. The van der Waals surface area contributed by atoms with E-state index in [2.05, 4.69) is 41.0 Å². The molecular weight excluding hydrogens is 573 g/mol. The van der Waals surface area contributed by atoms with Gasteiger partial charge in [0, 0.05) is 19.6 Å². The zero-order valence-corrected chi connectivity index (χ0v) is 23.2. The molecule has 0 aromatic carbocycles. The van der Waals surface area contributed by atoms with Crippen LogP contribution in [0.3, 0.4) is 0 Å². The van der Waals surface area contributed by atoms with Crippen molar-refractivity contribution in [2.24, 2.45) is 0 Å². The van der Waals surface area contributed by atoms with Crippen LogP contribution in [0.1, 0.15) is 44.2 Å². The van der Waals surface area contributed by atoms with Gasteiger partial charge in [-0.3, -0.25) is 4.57 Å². The molecule has 5 N–H and O–H groups in total. The normalized spacial score (nSPS) is 23.7. The third kappa shape index (κ3) is 6.27. The van der Waals surface area contributed by atoms with Gasteiger partial charge in [0.25, 0.3) is 0 Å². The van der Waals surface area contributed by atoms with E-state index in [1.165, 1.54) is 11.8 Å². The van der Waals surface area contributed by atoms with Gasteiger partial charge in [0.05, 0.1) is 37.5 Å². The number of halogens is 1. The highest BCUT2D eigenvalue weighted by atomic mass is 35.5. The number of tetrazole rings is 1. The van der Waals surface area contributed by atoms with E-state index in [4.69, 9.17) is 30.5 Å². The minimum Gasteiger partial charge on any atom is -0.388 e.